The summed E-state index contributed by atoms with van der Waals surface area (Å²) in [6.07, 6.45) is 4.89. The third-order valence-corrected chi connectivity index (χ3v) is 3.20. The predicted octanol–water partition coefficient (Wildman–Crippen LogP) is 1.70. The van der Waals surface area contributed by atoms with E-state index in [4.69, 9.17) is 5.11 Å². The zero-order chi connectivity index (χ0) is 11.1. The Labute approximate surface area is 91.7 Å². The summed E-state index contributed by atoms with van der Waals surface area (Å²) < 4.78 is 1.37. The van der Waals surface area contributed by atoms with Crippen molar-refractivity contribution in [3.8, 4) is 0 Å². The van der Waals surface area contributed by atoms with Crippen LogP contribution in [0, 0.1) is 0 Å². The molecule has 0 unspecified atom stereocenters. The quantitative estimate of drug-likeness (QED) is 0.831. The van der Waals surface area contributed by atoms with Crippen molar-refractivity contribution >= 4 is 11.6 Å². The Morgan fingerprint density at radius 2 is 2.25 bits per heavy atom. The molecule has 1 N–H and O–H groups in total. The lowest BCUT2D eigenvalue weighted by atomic mass is 9.80. The first-order valence-corrected chi connectivity index (χ1v) is 5.32. The minimum absolute atomic E-state index is 0.192. The van der Waals surface area contributed by atoms with Crippen molar-refractivity contribution in [1.82, 2.24) is 14.6 Å². The molecule has 0 atom stereocenters. The van der Waals surface area contributed by atoms with Crippen molar-refractivity contribution in [3.05, 3.63) is 29.7 Å². The first kappa shape index (κ1) is 9.33. The molecule has 0 amide bonds. The SMILES string of the molecule is O=C(O)c1cc(C2CCC2)cc2ncnn12. The zero-order valence-corrected chi connectivity index (χ0v) is 8.63. The Balaban J connectivity index is 2.20. The third kappa shape index (κ3) is 1.28. The van der Waals surface area contributed by atoms with E-state index in [0.717, 1.165) is 18.4 Å². The average molecular weight is 217 g/mol. The van der Waals surface area contributed by atoms with E-state index >= 15 is 0 Å². The summed E-state index contributed by atoms with van der Waals surface area (Å²) in [5.74, 6) is -0.462. The fraction of sp³-hybridized carbons (Fsp3) is 0.364. The van der Waals surface area contributed by atoms with Gasteiger partial charge in [-0.2, -0.15) is 5.10 Å². The van der Waals surface area contributed by atoms with Crippen LogP contribution in [-0.2, 0) is 0 Å². The molecule has 3 rings (SSSR count). The molecule has 0 aromatic carbocycles. The van der Waals surface area contributed by atoms with Gasteiger partial charge in [0.05, 0.1) is 0 Å². The number of carboxylic acid groups (broad SMARTS) is 1. The molecule has 2 aromatic heterocycles. The minimum atomic E-state index is -0.961. The summed E-state index contributed by atoms with van der Waals surface area (Å²) in [4.78, 5) is 15.2. The van der Waals surface area contributed by atoms with Gasteiger partial charge in [-0.05, 0) is 36.5 Å². The number of hydrogen-bond acceptors (Lipinski definition) is 3. The van der Waals surface area contributed by atoms with Crippen LogP contribution in [0.4, 0.5) is 0 Å². The second-order valence-electron chi connectivity index (χ2n) is 4.14. The normalized spacial score (nSPS) is 16.2. The van der Waals surface area contributed by atoms with Crippen molar-refractivity contribution in [1.29, 1.82) is 0 Å². The topological polar surface area (TPSA) is 67.5 Å². The number of nitrogens with zero attached hydrogens (tertiary/aromatic N) is 3. The Morgan fingerprint density at radius 1 is 1.44 bits per heavy atom. The molecular formula is C11H11N3O2. The number of carboxylic acids is 1. The van der Waals surface area contributed by atoms with Gasteiger partial charge >= 0.3 is 5.97 Å². The molecule has 82 valence electrons. The van der Waals surface area contributed by atoms with Crippen LogP contribution in [0.25, 0.3) is 5.65 Å². The Bertz CT molecular complexity index is 557. The van der Waals surface area contributed by atoms with Gasteiger partial charge in [-0.1, -0.05) is 6.42 Å². The third-order valence-electron chi connectivity index (χ3n) is 3.20. The summed E-state index contributed by atoms with van der Waals surface area (Å²) in [6, 6.07) is 3.65. The molecule has 0 aliphatic heterocycles. The molecule has 0 spiro atoms. The number of fused-ring (bicyclic) bond motifs is 1. The summed E-state index contributed by atoms with van der Waals surface area (Å²) in [7, 11) is 0. The zero-order valence-electron chi connectivity index (χ0n) is 8.63. The lowest BCUT2D eigenvalue weighted by molar-refractivity contribution is 0.0687. The molecule has 1 saturated carbocycles. The van der Waals surface area contributed by atoms with Gasteiger partial charge in [-0.25, -0.2) is 14.3 Å². The van der Waals surface area contributed by atoms with E-state index < -0.39 is 5.97 Å². The van der Waals surface area contributed by atoms with Gasteiger partial charge in [-0.3, -0.25) is 0 Å². The maximum absolute atomic E-state index is 11.1. The highest BCUT2D eigenvalue weighted by Crippen LogP contribution is 2.36. The van der Waals surface area contributed by atoms with Gasteiger partial charge < -0.3 is 5.11 Å². The van der Waals surface area contributed by atoms with Crippen LogP contribution in [0.3, 0.4) is 0 Å². The number of aromatic carboxylic acids is 1. The molecular weight excluding hydrogens is 206 g/mol. The smallest absolute Gasteiger partial charge is 0.354 e. The molecule has 0 saturated heterocycles. The van der Waals surface area contributed by atoms with Crippen LogP contribution in [0.15, 0.2) is 18.5 Å². The molecule has 5 nitrogen and oxygen atoms in total. The second kappa shape index (κ2) is 3.30. The van der Waals surface area contributed by atoms with Crippen LogP contribution in [-0.4, -0.2) is 25.7 Å². The van der Waals surface area contributed by atoms with E-state index in [0.29, 0.717) is 11.6 Å². The van der Waals surface area contributed by atoms with E-state index in [2.05, 4.69) is 10.1 Å². The molecule has 0 bridgehead atoms. The summed E-state index contributed by atoms with van der Waals surface area (Å²) in [5.41, 5.74) is 1.88. The van der Waals surface area contributed by atoms with Crippen molar-refractivity contribution in [3.63, 3.8) is 0 Å². The van der Waals surface area contributed by atoms with Crippen LogP contribution < -0.4 is 0 Å². The van der Waals surface area contributed by atoms with E-state index in [-0.39, 0.29) is 5.69 Å². The second-order valence-corrected chi connectivity index (χ2v) is 4.14. The lowest BCUT2D eigenvalue weighted by Crippen LogP contribution is -2.13. The number of aromatic nitrogens is 3. The Morgan fingerprint density at radius 3 is 2.88 bits per heavy atom. The molecule has 16 heavy (non-hydrogen) atoms. The first-order chi connectivity index (χ1) is 7.75. The highest BCUT2D eigenvalue weighted by Gasteiger charge is 2.22. The maximum Gasteiger partial charge on any atom is 0.354 e. The first-order valence-electron chi connectivity index (χ1n) is 5.32. The number of hydrogen-bond donors (Lipinski definition) is 1. The van der Waals surface area contributed by atoms with Crippen LogP contribution in [0.5, 0.6) is 0 Å². The fourth-order valence-electron chi connectivity index (χ4n) is 2.07. The van der Waals surface area contributed by atoms with Gasteiger partial charge in [0.25, 0.3) is 0 Å². The molecule has 1 aliphatic carbocycles. The number of carbonyl (C=O) groups is 1. The van der Waals surface area contributed by atoms with Crippen LogP contribution in [0.2, 0.25) is 0 Å². The van der Waals surface area contributed by atoms with E-state index in [1.54, 1.807) is 6.07 Å². The van der Waals surface area contributed by atoms with Crippen molar-refractivity contribution in [2.24, 2.45) is 0 Å². The van der Waals surface area contributed by atoms with E-state index in [1.165, 1.54) is 17.3 Å². The largest absolute Gasteiger partial charge is 0.477 e. The molecule has 0 radical (unpaired) electrons. The van der Waals surface area contributed by atoms with E-state index in [1.807, 2.05) is 6.07 Å². The van der Waals surface area contributed by atoms with Crippen molar-refractivity contribution < 1.29 is 9.90 Å². The van der Waals surface area contributed by atoms with Gasteiger partial charge in [-0.15, -0.1) is 0 Å². The standard InChI is InChI=1S/C11H11N3O2/c15-11(16)9-4-8(7-2-1-3-7)5-10-12-6-13-14(9)10/h4-7H,1-3H2,(H,15,16). The molecule has 2 heterocycles. The Kier molecular flexibility index (Phi) is 1.92. The molecule has 1 aliphatic rings. The van der Waals surface area contributed by atoms with Crippen molar-refractivity contribution in [2.75, 3.05) is 0 Å². The number of rotatable bonds is 2. The van der Waals surface area contributed by atoms with Gasteiger partial charge in [0.2, 0.25) is 0 Å². The van der Waals surface area contributed by atoms with Crippen LogP contribution in [0.1, 0.15) is 41.2 Å². The minimum Gasteiger partial charge on any atom is -0.477 e. The monoisotopic (exact) mass is 217 g/mol. The highest BCUT2D eigenvalue weighted by molar-refractivity contribution is 5.86. The van der Waals surface area contributed by atoms with E-state index in [9.17, 15) is 4.79 Å². The van der Waals surface area contributed by atoms with Gasteiger partial charge in [0, 0.05) is 0 Å². The molecule has 2 aromatic rings. The predicted molar refractivity (Wildman–Crippen MR) is 56.5 cm³/mol. The molecule has 5 heteroatoms. The Hall–Kier alpha value is -1.91. The fourth-order valence-corrected chi connectivity index (χ4v) is 2.07. The number of pyridine rings is 1. The summed E-state index contributed by atoms with van der Waals surface area (Å²) >= 11 is 0. The van der Waals surface area contributed by atoms with Crippen molar-refractivity contribution in [2.45, 2.75) is 25.2 Å². The highest BCUT2D eigenvalue weighted by atomic mass is 16.4. The van der Waals surface area contributed by atoms with Crippen LogP contribution >= 0.6 is 0 Å². The average Bonchev–Trinajstić information content (AvgIpc) is 2.61. The molecule has 1 fully saturated rings. The maximum atomic E-state index is 11.1. The van der Waals surface area contributed by atoms with Gasteiger partial charge in [0.1, 0.15) is 6.33 Å². The summed E-state index contributed by atoms with van der Waals surface area (Å²) in [6.45, 7) is 0. The summed E-state index contributed by atoms with van der Waals surface area (Å²) in [5, 5.41) is 13.0. The lowest BCUT2D eigenvalue weighted by Gasteiger charge is -2.25. The van der Waals surface area contributed by atoms with Gasteiger partial charge in [0.15, 0.2) is 11.3 Å².